The second-order valence-electron chi connectivity index (χ2n) is 21.0. The lowest BCUT2D eigenvalue weighted by molar-refractivity contribution is -0.132. The molecule has 0 aliphatic carbocycles. The molecular weight excluding hydrogens is 1010 g/mol. The minimum atomic E-state index is -0.914. The number of nitrogens with zero attached hydrogens (tertiary/aromatic N) is 4. The van der Waals surface area contributed by atoms with E-state index in [9.17, 15) is 19.2 Å². The van der Waals surface area contributed by atoms with Crippen molar-refractivity contribution in [2.24, 2.45) is 17.6 Å². The number of aromatic nitrogens is 3. The minimum Gasteiger partial charge on any atom is -0.378 e. The number of carbonyl (C=O) groups excluding carboxylic acids is 4. The van der Waals surface area contributed by atoms with Gasteiger partial charge in [0.05, 0.1) is 131 Å². The summed E-state index contributed by atoms with van der Waals surface area (Å²) in [5, 5.41) is 22.9. The summed E-state index contributed by atoms with van der Waals surface area (Å²) in [6.45, 7) is 26.9. The van der Waals surface area contributed by atoms with E-state index >= 15 is 0 Å². The summed E-state index contributed by atoms with van der Waals surface area (Å²) < 4.78 is 52.3. The average Bonchev–Trinajstić information content (AvgIpc) is 3.86. The van der Waals surface area contributed by atoms with Crippen LogP contribution in [0.15, 0.2) is 30.5 Å². The Labute approximate surface area is 464 Å². The van der Waals surface area contributed by atoms with E-state index in [0.717, 1.165) is 56.6 Å². The largest absolute Gasteiger partial charge is 0.378 e. The maximum Gasteiger partial charge on any atom is 0.312 e. The zero-order valence-electron chi connectivity index (χ0n) is 48.2. The smallest absolute Gasteiger partial charge is 0.312 e. The molecule has 2 heterocycles. The molecule has 78 heavy (non-hydrogen) atoms. The van der Waals surface area contributed by atoms with E-state index in [1.807, 2.05) is 46.0 Å². The second kappa shape index (κ2) is 41.6. The highest BCUT2D eigenvalue weighted by Crippen LogP contribution is 2.23. The molecule has 3 rings (SSSR count). The number of carbonyl (C=O) groups is 4. The van der Waals surface area contributed by atoms with Gasteiger partial charge in [-0.3, -0.25) is 14.4 Å². The van der Waals surface area contributed by atoms with Gasteiger partial charge < -0.3 is 79.8 Å². The third-order valence-corrected chi connectivity index (χ3v) is 12.4. The maximum atomic E-state index is 13.6. The molecule has 0 radical (unpaired) electrons. The highest BCUT2D eigenvalue weighted by molar-refractivity contribution is 5.98. The van der Waals surface area contributed by atoms with Gasteiger partial charge in [-0.15, -0.1) is 5.10 Å². The van der Waals surface area contributed by atoms with Gasteiger partial charge in [0.15, 0.2) is 0 Å². The van der Waals surface area contributed by atoms with Crippen LogP contribution in [0.3, 0.4) is 0 Å². The van der Waals surface area contributed by atoms with Crippen LogP contribution in [0.4, 0.5) is 10.5 Å². The Kier molecular flexibility index (Phi) is 36.2. The number of likely N-dealkylation sites (tertiary alicyclic amines) is 1. The molecular formula is C55H98N10O13. The molecule has 7 N–H and O–H groups in total. The standard InChI is InChI=1S/C55H98N10O13/c1-43(2)51(53(68)60-49(11-9-19-57-54(56)69)52(67)59-47-15-13-46(14-16-47)42-78-44(3)4)61-50(66)12-8-10-45-17-20-64(21-18-45)22-24-70-26-28-72-30-32-74-34-36-76-38-39-77-37-35-75-33-31-73-29-27-71-25-23-65-41-48(62-63-65)40-58-55(5,6)7/h13-16,41,43-45,49,51,58H,8-12,17-40,42H2,1-7H3,(H,59,67)(H,60,68)(H,61,66)(H3,56,57,69)/t49-,51-/m0/s1. The number of nitrogens with one attached hydrogen (secondary N) is 5. The normalized spacial score (nSPS) is 14.2. The Bertz CT molecular complexity index is 1880. The van der Waals surface area contributed by atoms with Gasteiger partial charge in [0.2, 0.25) is 17.7 Å². The number of ether oxygens (including phenoxy) is 9. The third-order valence-electron chi connectivity index (χ3n) is 12.4. The topological polar surface area (TPSA) is 271 Å². The first-order valence-corrected chi connectivity index (χ1v) is 28.2. The van der Waals surface area contributed by atoms with Crippen LogP contribution in [0.25, 0.3) is 0 Å². The predicted octanol–water partition coefficient (Wildman–Crippen LogP) is 3.82. The molecule has 1 saturated heterocycles. The summed E-state index contributed by atoms with van der Waals surface area (Å²) in [5.74, 6) is -0.734. The van der Waals surface area contributed by atoms with Crippen molar-refractivity contribution in [1.29, 1.82) is 0 Å². The van der Waals surface area contributed by atoms with Gasteiger partial charge in [-0.2, -0.15) is 0 Å². The van der Waals surface area contributed by atoms with Crippen molar-refractivity contribution in [3.8, 4) is 0 Å². The van der Waals surface area contributed by atoms with Crippen molar-refractivity contribution in [1.82, 2.24) is 41.2 Å². The molecule has 1 aromatic heterocycles. The maximum absolute atomic E-state index is 13.6. The van der Waals surface area contributed by atoms with Gasteiger partial charge in [-0.25, -0.2) is 9.48 Å². The van der Waals surface area contributed by atoms with Gasteiger partial charge in [0.1, 0.15) is 12.1 Å². The summed E-state index contributed by atoms with van der Waals surface area (Å²) >= 11 is 0. The number of nitrogens with two attached hydrogens (primary N) is 1. The molecule has 23 heteroatoms. The number of amides is 5. The summed E-state index contributed by atoms with van der Waals surface area (Å²) in [7, 11) is 0. The van der Waals surface area contributed by atoms with E-state index < -0.39 is 29.9 Å². The Morgan fingerprint density at radius 2 is 1.22 bits per heavy atom. The molecule has 2 atom stereocenters. The summed E-state index contributed by atoms with van der Waals surface area (Å²) in [6, 6.07) is 4.90. The van der Waals surface area contributed by atoms with Crippen LogP contribution < -0.4 is 32.3 Å². The van der Waals surface area contributed by atoms with Gasteiger partial charge in [0.25, 0.3) is 0 Å². The zero-order chi connectivity index (χ0) is 56.6. The number of hydrogen-bond donors (Lipinski definition) is 6. The fourth-order valence-corrected chi connectivity index (χ4v) is 7.93. The van der Waals surface area contributed by atoms with E-state index in [4.69, 9.17) is 48.4 Å². The van der Waals surface area contributed by atoms with E-state index in [0.29, 0.717) is 150 Å². The van der Waals surface area contributed by atoms with Crippen LogP contribution in [0, 0.1) is 11.8 Å². The summed E-state index contributed by atoms with van der Waals surface area (Å²) in [6.07, 6.45) is 6.76. The monoisotopic (exact) mass is 1110 g/mol. The molecule has 0 bridgehead atoms. The molecule has 1 aromatic carbocycles. The van der Waals surface area contributed by atoms with Crippen molar-refractivity contribution in [3.63, 3.8) is 0 Å². The fourth-order valence-electron chi connectivity index (χ4n) is 7.93. The lowest BCUT2D eigenvalue weighted by Crippen LogP contribution is -2.54. The Morgan fingerprint density at radius 3 is 1.72 bits per heavy atom. The number of rotatable bonds is 46. The van der Waals surface area contributed by atoms with Crippen LogP contribution in [-0.2, 0) is 76.7 Å². The van der Waals surface area contributed by atoms with Crippen LogP contribution in [0.5, 0.6) is 0 Å². The average molecular weight is 1110 g/mol. The van der Waals surface area contributed by atoms with E-state index in [1.165, 1.54) is 0 Å². The lowest BCUT2D eigenvalue weighted by atomic mass is 9.91. The predicted molar refractivity (Wildman–Crippen MR) is 297 cm³/mol. The Balaban J connectivity index is 1.10. The zero-order valence-corrected chi connectivity index (χ0v) is 48.2. The van der Waals surface area contributed by atoms with E-state index in [-0.39, 0.29) is 36.4 Å². The first kappa shape index (κ1) is 67.9. The molecule has 446 valence electrons. The SMILES string of the molecule is CC(C)OCc1ccc(NC(=O)[C@H](CCCNC(N)=O)NC(=O)[C@@H](NC(=O)CCCC2CCN(CCOCCOCCOCCOCCOCCOCCOCCOCCn3cc(CNC(C)(C)C)nn3)CC2)C(C)C)cc1. The molecule has 1 aliphatic heterocycles. The second-order valence-corrected chi connectivity index (χ2v) is 21.0. The number of benzene rings is 1. The molecule has 0 saturated carbocycles. The van der Waals surface area contributed by atoms with Crippen LogP contribution in [-0.4, -0.2) is 199 Å². The van der Waals surface area contributed by atoms with Crippen molar-refractivity contribution >= 4 is 29.4 Å². The quantitative estimate of drug-likeness (QED) is 0.0515. The van der Waals surface area contributed by atoms with Gasteiger partial charge in [0, 0.05) is 43.5 Å². The highest BCUT2D eigenvalue weighted by atomic mass is 16.6. The van der Waals surface area contributed by atoms with Crippen molar-refractivity contribution < 1.29 is 61.8 Å². The molecule has 0 unspecified atom stereocenters. The van der Waals surface area contributed by atoms with Crippen molar-refractivity contribution in [2.75, 3.05) is 137 Å². The summed E-state index contributed by atoms with van der Waals surface area (Å²) in [5.41, 5.74) is 7.68. The van der Waals surface area contributed by atoms with Gasteiger partial charge >= 0.3 is 6.03 Å². The third kappa shape index (κ3) is 34.6. The number of anilines is 1. The summed E-state index contributed by atoms with van der Waals surface area (Å²) in [4.78, 5) is 53.8. The van der Waals surface area contributed by atoms with E-state index in [2.05, 4.69) is 62.6 Å². The van der Waals surface area contributed by atoms with Crippen LogP contribution >= 0.6 is 0 Å². The first-order valence-electron chi connectivity index (χ1n) is 28.2. The fraction of sp³-hybridized carbons (Fsp3) is 0.782. The molecule has 1 fully saturated rings. The van der Waals surface area contributed by atoms with Gasteiger partial charge in [-0.05, 0) is 116 Å². The number of urea groups is 1. The molecule has 1 aliphatic rings. The van der Waals surface area contributed by atoms with Crippen LogP contribution in [0.1, 0.15) is 105 Å². The van der Waals surface area contributed by atoms with Crippen molar-refractivity contribution in [2.45, 2.75) is 137 Å². The highest BCUT2D eigenvalue weighted by Gasteiger charge is 2.29. The lowest BCUT2D eigenvalue weighted by Gasteiger charge is -2.31. The molecule has 23 nitrogen and oxygen atoms in total. The number of hydrogen-bond acceptors (Lipinski definition) is 17. The minimum absolute atomic E-state index is 0.0325. The first-order chi connectivity index (χ1) is 37.6. The van der Waals surface area contributed by atoms with Crippen molar-refractivity contribution in [3.05, 3.63) is 41.7 Å². The number of piperidine rings is 1. The van der Waals surface area contributed by atoms with Gasteiger partial charge in [-0.1, -0.05) is 31.2 Å². The Hall–Kier alpha value is -4.40. The molecule has 2 aromatic rings. The number of primary amides is 1. The molecule has 0 spiro atoms. The Morgan fingerprint density at radius 1 is 0.692 bits per heavy atom. The van der Waals surface area contributed by atoms with E-state index in [1.54, 1.807) is 16.8 Å². The van der Waals surface area contributed by atoms with Crippen LogP contribution in [0.2, 0.25) is 0 Å². The molecule has 5 amide bonds.